The van der Waals surface area contributed by atoms with Gasteiger partial charge in [-0.25, -0.2) is 4.99 Å². The summed E-state index contributed by atoms with van der Waals surface area (Å²) in [6.45, 7) is 7.07. The summed E-state index contributed by atoms with van der Waals surface area (Å²) in [7, 11) is 1.99. The van der Waals surface area contributed by atoms with Crippen molar-refractivity contribution in [1.29, 1.82) is 0 Å². The first-order chi connectivity index (χ1) is 14.6. The summed E-state index contributed by atoms with van der Waals surface area (Å²) >= 11 is 0. The average Bonchev–Trinajstić information content (AvgIpc) is 2.76. The van der Waals surface area contributed by atoms with Gasteiger partial charge in [0.25, 0.3) is 5.91 Å². The Morgan fingerprint density at radius 1 is 0.967 bits per heavy atom. The van der Waals surface area contributed by atoms with E-state index in [9.17, 15) is 4.79 Å². The first kappa shape index (κ1) is 23.1. The molecule has 2 rings (SSSR count). The van der Waals surface area contributed by atoms with E-state index in [4.69, 9.17) is 14.5 Å². The maximum absolute atomic E-state index is 11.6. The summed E-state index contributed by atoms with van der Waals surface area (Å²) in [5, 5.41) is 6.02. The van der Waals surface area contributed by atoms with Crippen LogP contribution in [0.5, 0.6) is 11.5 Å². The monoisotopic (exact) mass is 412 g/mol. The van der Waals surface area contributed by atoms with E-state index in [-0.39, 0.29) is 12.5 Å². The van der Waals surface area contributed by atoms with Crippen LogP contribution < -0.4 is 20.1 Å². The number of para-hydroxylation sites is 1. The third-order valence-electron chi connectivity index (χ3n) is 4.19. The molecule has 0 saturated heterocycles. The van der Waals surface area contributed by atoms with Gasteiger partial charge in [0.1, 0.15) is 18.1 Å². The molecule has 0 spiro atoms. The second kappa shape index (κ2) is 13.1. The fourth-order valence-corrected chi connectivity index (χ4v) is 2.69. The lowest BCUT2D eigenvalue weighted by Gasteiger charge is -2.22. The van der Waals surface area contributed by atoms with Crippen molar-refractivity contribution in [2.75, 3.05) is 39.9 Å². The third-order valence-corrected chi connectivity index (χ3v) is 4.19. The highest BCUT2D eigenvalue weighted by atomic mass is 16.5. The third kappa shape index (κ3) is 8.43. The summed E-state index contributed by atoms with van der Waals surface area (Å²) < 4.78 is 11.3. The summed E-state index contributed by atoms with van der Waals surface area (Å²) in [6.07, 6.45) is 0. The van der Waals surface area contributed by atoms with E-state index in [0.29, 0.717) is 32.0 Å². The van der Waals surface area contributed by atoms with Crippen molar-refractivity contribution >= 4 is 11.9 Å². The number of likely N-dealkylation sites (N-methyl/N-ethyl adjacent to an activating group) is 2. The van der Waals surface area contributed by atoms with Gasteiger partial charge in [0.2, 0.25) is 0 Å². The first-order valence-electron chi connectivity index (χ1n) is 10.3. The summed E-state index contributed by atoms with van der Waals surface area (Å²) in [4.78, 5) is 18.3. The van der Waals surface area contributed by atoms with Gasteiger partial charge in [-0.05, 0) is 43.7 Å². The zero-order valence-electron chi connectivity index (χ0n) is 18.1. The molecule has 7 nitrogen and oxygen atoms in total. The van der Waals surface area contributed by atoms with Crippen LogP contribution in [-0.2, 0) is 11.3 Å². The molecule has 0 aliphatic rings. The number of carbonyl (C=O) groups is 1. The molecule has 2 aromatic rings. The Morgan fingerprint density at radius 3 is 2.43 bits per heavy atom. The number of hydrogen-bond acceptors (Lipinski definition) is 4. The van der Waals surface area contributed by atoms with Crippen LogP contribution in [0.25, 0.3) is 0 Å². The van der Waals surface area contributed by atoms with Gasteiger partial charge in [0.15, 0.2) is 12.6 Å². The van der Waals surface area contributed by atoms with E-state index in [0.717, 1.165) is 23.8 Å². The lowest BCUT2D eigenvalue weighted by molar-refractivity contribution is -0.122. The quantitative estimate of drug-likeness (QED) is 0.438. The Morgan fingerprint density at radius 2 is 1.70 bits per heavy atom. The van der Waals surface area contributed by atoms with Crippen molar-refractivity contribution in [3.63, 3.8) is 0 Å². The van der Waals surface area contributed by atoms with Crippen LogP contribution in [-0.4, -0.2) is 56.7 Å². The lowest BCUT2D eigenvalue weighted by atomic mass is 10.2. The molecule has 0 aliphatic carbocycles. The standard InChI is InChI=1S/C23H32N4O3/c1-4-24-22(28)18-30-21-13-9-10-19(16-21)17-26-23(25-5-2)27(3)14-15-29-20-11-7-6-8-12-20/h6-13,16H,4-5,14-15,17-18H2,1-3H3,(H,24,28)(H,25,26). The molecule has 0 radical (unpaired) electrons. The van der Waals surface area contributed by atoms with E-state index >= 15 is 0 Å². The van der Waals surface area contributed by atoms with Gasteiger partial charge < -0.3 is 25.0 Å². The summed E-state index contributed by atoms with van der Waals surface area (Å²) in [5.74, 6) is 2.19. The predicted molar refractivity (Wildman–Crippen MR) is 120 cm³/mol. The molecule has 2 N–H and O–H groups in total. The van der Waals surface area contributed by atoms with E-state index in [1.165, 1.54) is 0 Å². The zero-order chi connectivity index (χ0) is 21.6. The largest absolute Gasteiger partial charge is 0.492 e. The molecular formula is C23H32N4O3. The number of benzene rings is 2. The van der Waals surface area contributed by atoms with Crippen molar-refractivity contribution in [3.05, 3.63) is 60.2 Å². The summed E-state index contributed by atoms with van der Waals surface area (Å²) in [6, 6.07) is 17.4. The molecule has 0 heterocycles. The normalized spacial score (nSPS) is 11.0. The van der Waals surface area contributed by atoms with Crippen LogP contribution in [0.3, 0.4) is 0 Å². The van der Waals surface area contributed by atoms with Crippen molar-refractivity contribution in [2.45, 2.75) is 20.4 Å². The van der Waals surface area contributed by atoms with Gasteiger partial charge in [0, 0.05) is 20.1 Å². The zero-order valence-corrected chi connectivity index (χ0v) is 18.1. The number of guanidine groups is 1. The highest BCUT2D eigenvalue weighted by Crippen LogP contribution is 2.14. The molecule has 0 fully saturated rings. The van der Waals surface area contributed by atoms with Crippen molar-refractivity contribution < 1.29 is 14.3 Å². The van der Waals surface area contributed by atoms with E-state index in [2.05, 4.69) is 10.6 Å². The van der Waals surface area contributed by atoms with E-state index in [1.807, 2.05) is 80.4 Å². The minimum Gasteiger partial charge on any atom is -0.492 e. The van der Waals surface area contributed by atoms with Gasteiger partial charge in [-0.15, -0.1) is 0 Å². The molecule has 0 aromatic heterocycles. The van der Waals surface area contributed by atoms with E-state index in [1.54, 1.807) is 0 Å². The minimum absolute atomic E-state index is 0.00730. The molecule has 0 bridgehead atoms. The van der Waals surface area contributed by atoms with E-state index < -0.39 is 0 Å². The molecule has 0 saturated carbocycles. The number of hydrogen-bond donors (Lipinski definition) is 2. The van der Waals surface area contributed by atoms with Crippen LogP contribution in [0, 0.1) is 0 Å². The highest BCUT2D eigenvalue weighted by molar-refractivity contribution is 5.79. The smallest absolute Gasteiger partial charge is 0.257 e. The number of nitrogens with zero attached hydrogens (tertiary/aromatic N) is 2. The van der Waals surface area contributed by atoms with Gasteiger partial charge in [-0.1, -0.05) is 30.3 Å². The van der Waals surface area contributed by atoms with Crippen molar-refractivity contribution in [2.24, 2.45) is 4.99 Å². The molecule has 0 atom stereocenters. The molecule has 162 valence electrons. The lowest BCUT2D eigenvalue weighted by Crippen LogP contribution is -2.40. The number of aliphatic imine (C=N–C) groups is 1. The fourth-order valence-electron chi connectivity index (χ4n) is 2.69. The Balaban J connectivity index is 1.89. The number of nitrogens with one attached hydrogen (secondary N) is 2. The van der Waals surface area contributed by atoms with Crippen LogP contribution in [0.4, 0.5) is 0 Å². The minimum atomic E-state index is -0.130. The Hall–Kier alpha value is -3.22. The van der Waals surface area contributed by atoms with Crippen LogP contribution in [0.2, 0.25) is 0 Å². The highest BCUT2D eigenvalue weighted by Gasteiger charge is 2.07. The Bertz CT molecular complexity index is 796. The second-order valence-corrected chi connectivity index (χ2v) is 6.64. The molecule has 7 heteroatoms. The molecule has 30 heavy (non-hydrogen) atoms. The van der Waals surface area contributed by atoms with Gasteiger partial charge in [-0.3, -0.25) is 4.79 Å². The Labute approximate surface area is 179 Å². The second-order valence-electron chi connectivity index (χ2n) is 6.64. The van der Waals surface area contributed by atoms with Crippen LogP contribution in [0.1, 0.15) is 19.4 Å². The van der Waals surface area contributed by atoms with Gasteiger partial charge >= 0.3 is 0 Å². The number of rotatable bonds is 11. The fraction of sp³-hybridized carbons (Fsp3) is 0.391. The SMILES string of the molecule is CCNC(=O)COc1cccc(CN=C(NCC)N(C)CCOc2ccccc2)c1. The molecule has 1 amide bonds. The number of amides is 1. The van der Waals surface area contributed by atoms with Crippen molar-refractivity contribution in [1.82, 2.24) is 15.5 Å². The number of ether oxygens (including phenoxy) is 2. The van der Waals surface area contributed by atoms with Crippen LogP contribution >= 0.6 is 0 Å². The van der Waals surface area contributed by atoms with Gasteiger partial charge in [-0.2, -0.15) is 0 Å². The average molecular weight is 413 g/mol. The maximum atomic E-state index is 11.6. The first-order valence-corrected chi connectivity index (χ1v) is 10.3. The van der Waals surface area contributed by atoms with Crippen molar-refractivity contribution in [3.8, 4) is 11.5 Å². The molecule has 0 aliphatic heterocycles. The number of carbonyl (C=O) groups excluding carboxylic acids is 1. The van der Waals surface area contributed by atoms with Gasteiger partial charge in [0.05, 0.1) is 13.1 Å². The topological polar surface area (TPSA) is 75.2 Å². The Kier molecular flexibility index (Phi) is 10.1. The predicted octanol–water partition coefficient (Wildman–Crippen LogP) is 2.68. The molecule has 0 unspecified atom stereocenters. The summed E-state index contributed by atoms with van der Waals surface area (Å²) in [5.41, 5.74) is 1.01. The molecule has 2 aromatic carbocycles. The molecular weight excluding hydrogens is 380 g/mol. The van der Waals surface area contributed by atoms with Crippen LogP contribution in [0.15, 0.2) is 59.6 Å². The maximum Gasteiger partial charge on any atom is 0.257 e.